The van der Waals surface area contributed by atoms with E-state index in [1.807, 2.05) is 6.26 Å². The molecule has 0 amide bonds. The summed E-state index contributed by atoms with van der Waals surface area (Å²) in [6.07, 6.45) is 8.66. The Morgan fingerprint density at radius 1 is 1.58 bits per heavy atom. The van der Waals surface area contributed by atoms with Crippen LogP contribution in [-0.2, 0) is 0 Å². The molecule has 0 bridgehead atoms. The Kier molecular flexibility index (Phi) is 4.14. The van der Waals surface area contributed by atoms with Gasteiger partial charge in [0.05, 0.1) is 6.34 Å². The van der Waals surface area contributed by atoms with Crippen LogP contribution in [0.4, 0.5) is 0 Å². The highest BCUT2D eigenvalue weighted by atomic mass is 32.2. The van der Waals surface area contributed by atoms with Crippen LogP contribution in [0.5, 0.6) is 0 Å². The van der Waals surface area contributed by atoms with Crippen LogP contribution in [0.2, 0.25) is 0 Å². The lowest BCUT2D eigenvalue weighted by Crippen LogP contribution is -2.24. The summed E-state index contributed by atoms with van der Waals surface area (Å²) in [7, 11) is 0. The summed E-state index contributed by atoms with van der Waals surface area (Å²) in [5.74, 6) is 0. The van der Waals surface area contributed by atoms with Gasteiger partial charge in [0.2, 0.25) is 0 Å². The number of hydrogen-bond acceptors (Lipinski definition) is 2. The molecule has 1 fully saturated rings. The average Bonchev–Trinajstić information content (AvgIpc) is 2.57. The molecule has 1 saturated carbocycles. The molecule has 0 heterocycles. The summed E-state index contributed by atoms with van der Waals surface area (Å²) < 4.78 is 0. The van der Waals surface area contributed by atoms with Crippen LogP contribution in [0.15, 0.2) is 4.99 Å². The van der Waals surface area contributed by atoms with Crippen LogP contribution < -0.4 is 5.32 Å². The molecule has 0 unspecified atom stereocenters. The molecule has 1 aliphatic rings. The third-order valence-corrected chi connectivity index (χ3v) is 2.53. The van der Waals surface area contributed by atoms with E-state index < -0.39 is 0 Å². The SMILES string of the molecule is CSC(=N)/N=C/NC1CCCC1. The summed E-state index contributed by atoms with van der Waals surface area (Å²) >= 11 is 1.35. The number of thioether (sulfide) groups is 1. The Morgan fingerprint density at radius 2 is 2.25 bits per heavy atom. The normalized spacial score (nSPS) is 18.8. The van der Waals surface area contributed by atoms with Gasteiger partial charge in [-0.15, -0.1) is 0 Å². The first-order valence-corrected chi connectivity index (χ1v) is 5.46. The molecule has 0 aromatic rings. The zero-order valence-corrected chi connectivity index (χ0v) is 8.16. The number of amidine groups is 1. The van der Waals surface area contributed by atoms with E-state index in [-0.39, 0.29) is 0 Å². The fraction of sp³-hybridized carbons (Fsp3) is 0.750. The largest absolute Gasteiger partial charge is 0.373 e. The lowest BCUT2D eigenvalue weighted by atomic mass is 10.3. The standard InChI is InChI=1S/C8H15N3S/c1-12-8(9)11-6-10-7-4-2-3-5-7/h6-7H,2-5H2,1H3,(H2,9,10,11). The van der Waals surface area contributed by atoms with Gasteiger partial charge in [0.1, 0.15) is 0 Å². The van der Waals surface area contributed by atoms with E-state index in [1.165, 1.54) is 37.4 Å². The molecule has 68 valence electrons. The van der Waals surface area contributed by atoms with Gasteiger partial charge in [0, 0.05) is 6.04 Å². The van der Waals surface area contributed by atoms with Crippen molar-refractivity contribution < 1.29 is 0 Å². The number of aliphatic imine (C=N–C) groups is 1. The third-order valence-electron chi connectivity index (χ3n) is 2.04. The maximum atomic E-state index is 7.24. The Labute approximate surface area is 77.5 Å². The molecule has 12 heavy (non-hydrogen) atoms. The Balaban J connectivity index is 2.15. The minimum Gasteiger partial charge on any atom is -0.373 e. The minimum absolute atomic E-state index is 0.362. The number of hydrogen-bond donors (Lipinski definition) is 2. The second kappa shape index (κ2) is 5.19. The smallest absolute Gasteiger partial charge is 0.181 e. The van der Waals surface area contributed by atoms with Crippen molar-refractivity contribution in [1.29, 1.82) is 5.41 Å². The first-order chi connectivity index (χ1) is 5.83. The van der Waals surface area contributed by atoms with E-state index in [9.17, 15) is 0 Å². The number of nitrogens with zero attached hydrogens (tertiary/aromatic N) is 1. The molecule has 0 aliphatic heterocycles. The fourth-order valence-corrected chi connectivity index (χ4v) is 1.50. The fourth-order valence-electron chi connectivity index (χ4n) is 1.35. The van der Waals surface area contributed by atoms with E-state index in [0.29, 0.717) is 11.2 Å². The molecular weight excluding hydrogens is 170 g/mol. The van der Waals surface area contributed by atoms with E-state index in [1.54, 1.807) is 6.34 Å². The summed E-state index contributed by atoms with van der Waals surface area (Å²) in [4.78, 5) is 3.92. The van der Waals surface area contributed by atoms with Gasteiger partial charge in [0.15, 0.2) is 5.17 Å². The van der Waals surface area contributed by atoms with Gasteiger partial charge in [-0.2, -0.15) is 0 Å². The monoisotopic (exact) mass is 185 g/mol. The first kappa shape index (κ1) is 9.58. The van der Waals surface area contributed by atoms with Gasteiger partial charge in [-0.05, 0) is 19.1 Å². The summed E-state index contributed by atoms with van der Waals surface area (Å²) in [6, 6.07) is 0.600. The molecular formula is C8H15N3S. The highest BCUT2D eigenvalue weighted by Gasteiger charge is 2.12. The molecule has 2 N–H and O–H groups in total. The number of rotatable bonds is 2. The quantitative estimate of drug-likeness (QED) is 0.509. The van der Waals surface area contributed by atoms with Gasteiger partial charge >= 0.3 is 0 Å². The predicted molar refractivity (Wildman–Crippen MR) is 55.1 cm³/mol. The van der Waals surface area contributed by atoms with Crippen molar-refractivity contribution in [3.63, 3.8) is 0 Å². The molecule has 0 spiro atoms. The lowest BCUT2D eigenvalue weighted by molar-refractivity contribution is 0.638. The van der Waals surface area contributed by atoms with Gasteiger partial charge in [0.25, 0.3) is 0 Å². The summed E-state index contributed by atoms with van der Waals surface area (Å²) in [6.45, 7) is 0. The molecule has 0 saturated heterocycles. The van der Waals surface area contributed by atoms with Crippen molar-refractivity contribution in [2.24, 2.45) is 4.99 Å². The topological polar surface area (TPSA) is 48.2 Å². The van der Waals surface area contributed by atoms with E-state index in [4.69, 9.17) is 5.41 Å². The van der Waals surface area contributed by atoms with Gasteiger partial charge in [-0.3, -0.25) is 5.41 Å². The van der Waals surface area contributed by atoms with Crippen molar-refractivity contribution in [3.8, 4) is 0 Å². The maximum absolute atomic E-state index is 7.24. The van der Waals surface area contributed by atoms with Crippen molar-refractivity contribution in [1.82, 2.24) is 5.32 Å². The summed E-state index contributed by atoms with van der Waals surface area (Å²) in [5, 5.41) is 10.8. The zero-order chi connectivity index (χ0) is 8.81. The Bertz CT molecular complexity index is 173. The molecule has 1 rings (SSSR count). The van der Waals surface area contributed by atoms with Crippen molar-refractivity contribution in [2.45, 2.75) is 31.7 Å². The van der Waals surface area contributed by atoms with Gasteiger partial charge in [-0.1, -0.05) is 24.6 Å². The van der Waals surface area contributed by atoms with Crippen LogP contribution in [0.3, 0.4) is 0 Å². The molecule has 1 aliphatic carbocycles. The van der Waals surface area contributed by atoms with Crippen LogP contribution in [0.1, 0.15) is 25.7 Å². The van der Waals surface area contributed by atoms with Crippen LogP contribution in [0.25, 0.3) is 0 Å². The number of nitrogens with one attached hydrogen (secondary N) is 2. The molecule has 3 nitrogen and oxygen atoms in total. The molecule has 0 radical (unpaired) electrons. The van der Waals surface area contributed by atoms with Crippen LogP contribution in [-0.4, -0.2) is 23.8 Å². The summed E-state index contributed by atoms with van der Waals surface area (Å²) in [5.41, 5.74) is 0. The third kappa shape index (κ3) is 3.26. The van der Waals surface area contributed by atoms with Crippen molar-refractivity contribution in [3.05, 3.63) is 0 Å². The highest BCUT2D eigenvalue weighted by Crippen LogP contribution is 2.16. The highest BCUT2D eigenvalue weighted by molar-refractivity contribution is 8.13. The van der Waals surface area contributed by atoms with E-state index in [2.05, 4.69) is 10.3 Å². The Hall–Kier alpha value is -0.510. The second-order valence-corrected chi connectivity index (χ2v) is 3.71. The van der Waals surface area contributed by atoms with E-state index >= 15 is 0 Å². The second-order valence-electron chi connectivity index (χ2n) is 2.92. The van der Waals surface area contributed by atoms with Gasteiger partial charge in [-0.25, -0.2) is 4.99 Å². The lowest BCUT2D eigenvalue weighted by Gasteiger charge is -2.06. The zero-order valence-electron chi connectivity index (χ0n) is 7.34. The first-order valence-electron chi connectivity index (χ1n) is 4.24. The van der Waals surface area contributed by atoms with Crippen LogP contribution >= 0.6 is 11.8 Å². The van der Waals surface area contributed by atoms with Crippen molar-refractivity contribution >= 4 is 23.3 Å². The molecule has 0 aromatic carbocycles. The van der Waals surface area contributed by atoms with Gasteiger partial charge < -0.3 is 5.32 Å². The minimum atomic E-state index is 0.362. The average molecular weight is 185 g/mol. The van der Waals surface area contributed by atoms with Crippen molar-refractivity contribution in [2.75, 3.05) is 6.26 Å². The van der Waals surface area contributed by atoms with E-state index in [0.717, 1.165) is 0 Å². The van der Waals surface area contributed by atoms with Crippen LogP contribution in [0, 0.1) is 5.41 Å². The molecule has 4 heteroatoms. The predicted octanol–water partition coefficient (Wildman–Crippen LogP) is 1.84. The Morgan fingerprint density at radius 3 is 2.83 bits per heavy atom. The molecule has 0 aromatic heterocycles. The molecule has 0 atom stereocenters. The maximum Gasteiger partial charge on any atom is 0.181 e.